The number of rotatable bonds is 18. The van der Waals surface area contributed by atoms with Crippen molar-refractivity contribution in [3.63, 3.8) is 0 Å². The Kier molecular flexibility index (Phi) is 32.4. The molecule has 4 saturated heterocycles. The molecule has 0 amide bonds. The Morgan fingerprint density at radius 1 is 0.432 bits per heavy atom. The number of aliphatic hydroxyl groups excluding tert-OH is 12. The zero-order chi connectivity index (χ0) is 73.7. The number of likely N-dealkylation sites (N-methyl/N-ethyl adjacent to an activating group) is 2. The van der Waals surface area contributed by atoms with Gasteiger partial charge in [0.2, 0.25) is 0 Å². The van der Waals surface area contributed by atoms with Crippen LogP contribution in [0.25, 0.3) is 0 Å². The van der Waals surface area contributed by atoms with E-state index in [2.05, 4.69) is 30.6 Å². The van der Waals surface area contributed by atoms with Gasteiger partial charge in [-0.05, 0) is 27.9 Å². The van der Waals surface area contributed by atoms with Gasteiger partial charge in [0.05, 0.1) is 37.5 Å². The smallest absolute Gasteiger partial charge is 0.188 e. The first-order chi connectivity index (χ1) is 43.4. The molecule has 6 rings (SSSR count). The molecule has 4 aliphatic heterocycles. The number of aliphatic imine (C=N–C) groups is 4. The van der Waals surface area contributed by atoms with Crippen molar-refractivity contribution in [3.8, 4) is 0 Å². The second-order valence-electron chi connectivity index (χ2n) is 21.0. The van der Waals surface area contributed by atoms with E-state index in [-0.39, 0.29) is 12.6 Å². The lowest BCUT2D eigenvalue weighted by Gasteiger charge is -2.45. The average Bonchev–Trinajstić information content (AvgIpc) is 1.68. The van der Waals surface area contributed by atoms with Gasteiger partial charge in [0.1, 0.15) is 122 Å². The molecule has 53 heteroatoms. The van der Waals surface area contributed by atoms with Crippen molar-refractivity contribution in [1.82, 2.24) is 10.6 Å². The fourth-order valence-corrected chi connectivity index (χ4v) is 10.2. The van der Waals surface area contributed by atoms with E-state index in [1.54, 1.807) is 0 Å². The van der Waals surface area contributed by atoms with Gasteiger partial charge in [-0.1, -0.05) is 0 Å². The van der Waals surface area contributed by atoms with Gasteiger partial charge < -0.3 is 193 Å². The lowest BCUT2D eigenvalue weighted by molar-refractivity contribution is -0.314. The summed E-state index contributed by atoms with van der Waals surface area (Å²) >= 11 is 0. The van der Waals surface area contributed by atoms with Crippen molar-refractivity contribution in [1.29, 1.82) is 0 Å². The first-order valence-electron chi connectivity index (χ1n) is 26.8. The topological polar surface area (TPSA) is 914 Å². The summed E-state index contributed by atoms with van der Waals surface area (Å²) in [6, 6.07) is -8.16. The molecule has 4 heterocycles. The van der Waals surface area contributed by atoms with E-state index in [4.69, 9.17) is 136 Å². The third-order valence-electron chi connectivity index (χ3n) is 14.7. The number of hydrogen-bond acceptors (Lipinski definition) is 42. The first-order valence-corrected chi connectivity index (χ1v) is 30.8. The van der Waals surface area contributed by atoms with Gasteiger partial charge in [0, 0.05) is 31.2 Å². The van der Waals surface area contributed by atoms with Crippen molar-refractivity contribution >= 4 is 67.6 Å². The van der Waals surface area contributed by atoms with E-state index in [1.165, 1.54) is 27.9 Å². The van der Waals surface area contributed by atoms with Gasteiger partial charge >= 0.3 is 0 Å². The molecule has 2 aliphatic carbocycles. The molecule has 0 aromatic rings. The first kappa shape index (κ1) is 86.2. The number of hydrogen-bond donors (Lipinski definition) is 24. The van der Waals surface area contributed by atoms with Crippen LogP contribution in [0.5, 0.6) is 0 Å². The molecule has 0 bridgehead atoms. The van der Waals surface area contributed by atoms with E-state index in [9.17, 15) is 81.1 Å². The Hall–Kier alpha value is -4.93. The van der Waals surface area contributed by atoms with Crippen LogP contribution in [-0.4, -0.2) is 370 Å². The van der Waals surface area contributed by atoms with Gasteiger partial charge in [-0.3, -0.25) is 34.8 Å². The molecule has 0 aromatic heterocycles. The van der Waals surface area contributed by atoms with Crippen LogP contribution in [0.2, 0.25) is 0 Å². The predicted octanol–water partition coefficient (Wildman–Crippen LogP) is -20.3. The molecule has 6 aliphatic rings. The van der Waals surface area contributed by atoms with Gasteiger partial charge in [-0.25, -0.2) is 20.0 Å². The predicted molar refractivity (Wildman–Crippen MR) is 297 cm³/mol. The molecule has 32 N–H and O–H groups in total. The normalized spacial score (nSPS) is 41.8. The molecule has 556 valence electrons. The number of nitrogens with one attached hydrogen (secondary N) is 2. The van der Waals surface area contributed by atoms with Crippen LogP contribution in [0, 0.1) is 0 Å². The number of carbonyl (C=O) groups is 2. The standard InChI is InChI=1S/2C21H39N7O12.3H2O4S/c2*1-5-21(36,4-30)16(40-17-9(26-2)13(34)10(31)6(3-29)38-17)18(37-5)39-15-8(28-20(24)25)11(32)7(27-19(22)23)12(33)14(15)35;3*1-5(2,3)4/h2*4-18,26,29,31-36H,3H2,1-2H3,(H4,22,23,27)(H4,24,25,28);3*(H2,1,2,3,4)/p-6/t2*5-,6-,7+,8-,9-,10-,11+,12-,13-,14+,15+,16-,17-,18-,21+;;;/m00.../s1. The second-order valence-corrected chi connectivity index (χ2v) is 23.5. The molecular formula is C42H78N14O36S3-6. The molecule has 6 fully saturated rings. The maximum absolute atomic E-state index is 12.1. The van der Waals surface area contributed by atoms with Crippen LogP contribution in [0.15, 0.2) is 20.0 Å². The molecule has 0 aromatic carbocycles. The summed E-state index contributed by atoms with van der Waals surface area (Å²) in [6.45, 7) is 1.24. The van der Waals surface area contributed by atoms with E-state index in [0.717, 1.165) is 0 Å². The summed E-state index contributed by atoms with van der Waals surface area (Å²) in [5, 5.41) is 153. The summed E-state index contributed by atoms with van der Waals surface area (Å²) in [5.41, 5.74) is 38.8. The Morgan fingerprint density at radius 3 is 0.905 bits per heavy atom. The SMILES string of the molecule is CN[C@@H]1[C@H](O[C@H]2[C@H](O[C@H]3[C@H](O)[C@@H](O)[C@H](N=C(N)N)[C@@H](O)[C@@H]3N=C(N)N)O[C@@H](C)[C@]2(O)C=O)O[C@@H](CO)[C@H](O)[C@H]1O.CN[C@@H]1[C@H](O[C@H]2[C@H](O[C@H]3[C@H](O)[C@@H](O)[C@H](N=C(N)N)[C@@H](O)[C@@H]3N=C(N)N)O[C@@H](C)[C@]2(O)C=O)O[C@@H](CO)[C@H](O)[C@H]1O.O=S(=O)([O-])[O-].O=S(=O)([O-])[O-].O=S(=O)([O-])[O-]. The zero-order valence-electron chi connectivity index (χ0n) is 49.6. The van der Waals surface area contributed by atoms with E-state index >= 15 is 0 Å². The summed E-state index contributed by atoms with van der Waals surface area (Å²) in [7, 11) is -12.7. The Labute approximate surface area is 537 Å². The van der Waals surface area contributed by atoms with Gasteiger partial charge in [0.25, 0.3) is 0 Å². The summed E-state index contributed by atoms with van der Waals surface area (Å²) in [4.78, 5) is 39.4. The zero-order valence-corrected chi connectivity index (χ0v) is 52.1. The van der Waals surface area contributed by atoms with Crippen LogP contribution < -0.4 is 56.5 Å². The van der Waals surface area contributed by atoms with Crippen LogP contribution in [-0.2, 0) is 78.7 Å². The minimum Gasteiger partial charge on any atom is -0.759 e. The Bertz CT molecular complexity index is 2680. The maximum Gasteiger partial charge on any atom is 0.188 e. The monoisotopic (exact) mass is 1450 g/mol. The van der Waals surface area contributed by atoms with Crippen molar-refractivity contribution in [2.45, 2.75) is 196 Å². The Balaban J connectivity index is 0.000000531. The minimum absolute atomic E-state index is 0.140. The molecule has 95 heavy (non-hydrogen) atoms. The molecule has 0 radical (unpaired) electrons. The quantitative estimate of drug-likeness (QED) is 0.0199. The van der Waals surface area contributed by atoms with E-state index in [1.807, 2.05) is 0 Å². The average molecular weight is 1450 g/mol. The van der Waals surface area contributed by atoms with Crippen LogP contribution in [0.3, 0.4) is 0 Å². The van der Waals surface area contributed by atoms with Crippen LogP contribution in [0.4, 0.5) is 0 Å². The number of aliphatic hydroxyl groups is 14. The number of nitrogens with two attached hydrogens (primary N) is 8. The molecule has 0 unspecified atom stereocenters. The lowest BCUT2D eigenvalue weighted by atomic mass is 9.81. The maximum atomic E-state index is 12.1. The second kappa shape index (κ2) is 35.7. The lowest BCUT2D eigenvalue weighted by Crippen LogP contribution is -2.66. The van der Waals surface area contributed by atoms with Crippen molar-refractivity contribution < 1.29 is 172 Å². The molecule has 0 spiro atoms. The van der Waals surface area contributed by atoms with Crippen molar-refractivity contribution in [3.05, 3.63) is 0 Å². The third kappa shape index (κ3) is 23.6. The van der Waals surface area contributed by atoms with Crippen molar-refractivity contribution in [2.24, 2.45) is 65.8 Å². The molecule has 30 atom stereocenters. The number of ether oxygens (including phenoxy) is 8. The molecule has 50 nitrogen and oxygen atoms in total. The van der Waals surface area contributed by atoms with Crippen LogP contribution >= 0.6 is 0 Å². The Morgan fingerprint density at radius 2 is 0.684 bits per heavy atom. The summed E-state index contributed by atoms with van der Waals surface area (Å²) < 4.78 is 148. The van der Waals surface area contributed by atoms with E-state index in [0.29, 0.717) is 0 Å². The highest BCUT2D eigenvalue weighted by atomic mass is 32.3. The third-order valence-corrected chi connectivity index (χ3v) is 14.7. The highest BCUT2D eigenvalue weighted by Crippen LogP contribution is 2.41. The number of carbonyl (C=O) groups excluding carboxylic acids is 2. The summed E-state index contributed by atoms with van der Waals surface area (Å²) in [6.07, 6.45) is -34.6. The van der Waals surface area contributed by atoms with Gasteiger partial charge in [-0.2, -0.15) is 0 Å². The number of guanidine groups is 4. The van der Waals surface area contributed by atoms with Crippen molar-refractivity contribution in [2.75, 3.05) is 27.3 Å². The molecule has 2 saturated carbocycles. The fraction of sp³-hybridized carbons (Fsp3) is 0.857. The van der Waals surface area contributed by atoms with Gasteiger partial charge in [-0.15, -0.1) is 0 Å². The highest BCUT2D eigenvalue weighted by molar-refractivity contribution is 7.80. The number of aldehydes is 2. The number of nitrogens with zero attached hydrogens (tertiary/aromatic N) is 4. The molecular weight excluding hydrogens is 1370 g/mol. The minimum atomic E-state index is -5.17. The highest BCUT2D eigenvalue weighted by Gasteiger charge is 2.63. The summed E-state index contributed by atoms with van der Waals surface area (Å²) in [5.74, 6) is -2.07. The van der Waals surface area contributed by atoms with Crippen LogP contribution in [0.1, 0.15) is 13.8 Å². The fourth-order valence-electron chi connectivity index (χ4n) is 10.2. The van der Waals surface area contributed by atoms with E-state index < -0.39 is 251 Å². The van der Waals surface area contributed by atoms with Gasteiger partial charge in [0.15, 0.2) is 72.8 Å². The largest absolute Gasteiger partial charge is 0.759 e.